The molecule has 0 aromatic carbocycles. The molecule has 0 radical (unpaired) electrons. The van der Waals surface area contributed by atoms with Crippen molar-refractivity contribution in [2.45, 2.75) is 251 Å². The summed E-state index contributed by atoms with van der Waals surface area (Å²) >= 11 is 0. The monoisotopic (exact) mass is 746 g/mol. The second-order valence-electron chi connectivity index (χ2n) is 16.8. The first-order chi connectivity index (χ1) is 24.2. The Morgan fingerprint density at radius 2 is 1.08 bits per heavy atom. The molecule has 1 aliphatic rings. The summed E-state index contributed by atoms with van der Waals surface area (Å²) < 4.78 is 17.8. The fraction of sp³-hybridized carbons (Fsp3) is 0.956. The lowest BCUT2D eigenvalue weighted by Gasteiger charge is -2.58. The van der Waals surface area contributed by atoms with Crippen LogP contribution >= 0.6 is 0 Å². The van der Waals surface area contributed by atoms with Gasteiger partial charge in [-0.3, -0.25) is 4.79 Å². The van der Waals surface area contributed by atoms with Crippen molar-refractivity contribution < 1.29 is 28.6 Å². The van der Waals surface area contributed by atoms with Crippen molar-refractivity contribution in [1.29, 1.82) is 0 Å². The smallest absolute Gasteiger partial charge is 0.330 e. The molecule has 1 aliphatic heterocycles. The molecule has 0 bridgehead atoms. The predicted octanol–water partition coefficient (Wildman–Crippen LogP) is 14.0. The van der Waals surface area contributed by atoms with Gasteiger partial charge in [-0.2, -0.15) is 0 Å². The van der Waals surface area contributed by atoms with E-state index in [0.717, 1.165) is 12.8 Å². The quantitative estimate of drug-likeness (QED) is 0.0740. The van der Waals surface area contributed by atoms with Crippen LogP contribution in [0.4, 0.5) is 0 Å². The van der Waals surface area contributed by atoms with Crippen molar-refractivity contribution in [3.8, 4) is 0 Å². The van der Waals surface area contributed by atoms with Gasteiger partial charge in [0.05, 0.1) is 29.7 Å². The number of hydrogen-bond donors (Lipinski definition) is 0. The van der Waals surface area contributed by atoms with Gasteiger partial charge in [0.25, 0.3) is 0 Å². The fourth-order valence-corrected chi connectivity index (χ4v) is 5.74. The van der Waals surface area contributed by atoms with Crippen LogP contribution in [0.1, 0.15) is 234 Å². The van der Waals surface area contributed by atoms with Gasteiger partial charge in [0.2, 0.25) is 0 Å². The Morgan fingerprint density at radius 1 is 0.654 bits per heavy atom. The summed E-state index contributed by atoms with van der Waals surface area (Å²) in [6, 6.07) is 0. The number of hydroxylamine groups is 2. The maximum absolute atomic E-state index is 12.7. The van der Waals surface area contributed by atoms with E-state index >= 15 is 0 Å². The van der Waals surface area contributed by atoms with Gasteiger partial charge in [-0.25, -0.2) is 4.79 Å². The molecule has 0 spiro atoms. The Kier molecular flexibility index (Phi) is 35.5. The number of carbonyl (C=O) groups excluding carboxylic acids is 2. The second-order valence-corrected chi connectivity index (χ2v) is 16.8. The van der Waals surface area contributed by atoms with Crippen LogP contribution in [-0.4, -0.2) is 54.2 Å². The van der Waals surface area contributed by atoms with Crippen LogP contribution in [0.2, 0.25) is 0 Å². The Balaban J connectivity index is -0.000000444. The van der Waals surface area contributed by atoms with Gasteiger partial charge < -0.3 is 19.0 Å². The van der Waals surface area contributed by atoms with Crippen LogP contribution in [0.3, 0.4) is 0 Å². The van der Waals surface area contributed by atoms with E-state index in [0.29, 0.717) is 26.1 Å². The van der Waals surface area contributed by atoms with E-state index in [4.69, 9.17) is 19.0 Å². The molecule has 52 heavy (non-hydrogen) atoms. The molecule has 0 aliphatic carbocycles. The van der Waals surface area contributed by atoms with Crippen LogP contribution in [0.5, 0.6) is 0 Å². The van der Waals surface area contributed by atoms with Crippen molar-refractivity contribution in [3.05, 3.63) is 0 Å². The summed E-state index contributed by atoms with van der Waals surface area (Å²) in [5.41, 5.74) is -1.91. The summed E-state index contributed by atoms with van der Waals surface area (Å²) in [5.74, 6) is -1.40. The third kappa shape index (κ3) is 26.6. The SMILES string of the molecule is CC.CCC(C)(COC(C)=O)COC1(OC)CC(C)(C)N(OC(=O)C(C)(C)C)C(C)(CC)C1.CCCCC.CCCCCC.CCCCCCCC. The molecule has 1 fully saturated rings. The van der Waals surface area contributed by atoms with Gasteiger partial charge >= 0.3 is 11.9 Å². The van der Waals surface area contributed by atoms with Gasteiger partial charge in [0.1, 0.15) is 0 Å². The highest BCUT2D eigenvalue weighted by molar-refractivity contribution is 5.75. The third-order valence-corrected chi connectivity index (χ3v) is 9.59. The van der Waals surface area contributed by atoms with E-state index in [9.17, 15) is 9.59 Å². The highest BCUT2D eigenvalue weighted by atomic mass is 16.7. The molecular formula is C45H95NO6. The average Bonchev–Trinajstić information content (AvgIpc) is 3.10. The average molecular weight is 746 g/mol. The lowest BCUT2D eigenvalue weighted by molar-refractivity contribution is -0.349. The van der Waals surface area contributed by atoms with E-state index < -0.39 is 22.3 Å². The van der Waals surface area contributed by atoms with Gasteiger partial charge in [-0.05, 0) is 54.4 Å². The number of carbonyl (C=O) groups is 2. The summed E-state index contributed by atoms with van der Waals surface area (Å²) in [7, 11) is 1.67. The lowest BCUT2D eigenvalue weighted by Crippen LogP contribution is -2.68. The summed E-state index contributed by atoms with van der Waals surface area (Å²) in [6.45, 7) is 37.4. The molecule has 1 saturated heterocycles. The maximum atomic E-state index is 12.7. The summed E-state index contributed by atoms with van der Waals surface area (Å²) in [5, 5.41) is 1.85. The number of piperidine rings is 1. The van der Waals surface area contributed by atoms with Crippen LogP contribution < -0.4 is 0 Å². The number of nitrogens with zero attached hydrogens (tertiary/aromatic N) is 1. The van der Waals surface area contributed by atoms with E-state index in [2.05, 4.69) is 62.3 Å². The predicted molar refractivity (Wildman–Crippen MR) is 226 cm³/mol. The first-order valence-electron chi connectivity index (χ1n) is 21.6. The van der Waals surface area contributed by atoms with Crippen molar-refractivity contribution in [1.82, 2.24) is 5.06 Å². The van der Waals surface area contributed by atoms with Crippen LogP contribution in [0.15, 0.2) is 0 Å². The van der Waals surface area contributed by atoms with E-state index in [1.807, 2.05) is 60.5 Å². The van der Waals surface area contributed by atoms with Crippen LogP contribution in [-0.2, 0) is 28.6 Å². The number of esters is 1. The molecule has 1 rings (SSSR count). The fourth-order valence-electron chi connectivity index (χ4n) is 5.74. The minimum atomic E-state index is -0.842. The lowest BCUT2D eigenvalue weighted by atomic mass is 9.75. The number of rotatable bonds is 19. The third-order valence-electron chi connectivity index (χ3n) is 9.59. The minimum Gasteiger partial charge on any atom is -0.465 e. The first-order valence-corrected chi connectivity index (χ1v) is 21.6. The van der Waals surface area contributed by atoms with Crippen LogP contribution in [0, 0.1) is 10.8 Å². The number of ether oxygens (including phenoxy) is 3. The van der Waals surface area contributed by atoms with Gasteiger partial charge in [0, 0.05) is 32.3 Å². The second kappa shape index (κ2) is 32.1. The molecule has 3 unspecified atom stereocenters. The molecular weight excluding hydrogens is 650 g/mol. The number of hydrogen-bond acceptors (Lipinski definition) is 7. The van der Waals surface area contributed by atoms with Gasteiger partial charge in [-0.1, -0.05) is 160 Å². The molecule has 0 saturated carbocycles. The highest BCUT2D eigenvalue weighted by Crippen LogP contribution is 2.48. The van der Waals surface area contributed by atoms with Gasteiger partial charge in [0.15, 0.2) is 5.79 Å². The highest BCUT2D eigenvalue weighted by Gasteiger charge is 2.57. The number of unbranched alkanes of at least 4 members (excludes halogenated alkanes) is 10. The molecule has 0 aromatic rings. The van der Waals surface area contributed by atoms with Crippen molar-refractivity contribution >= 4 is 11.9 Å². The Morgan fingerprint density at radius 3 is 1.38 bits per heavy atom. The molecule has 1 heterocycles. The molecule has 7 heteroatoms. The van der Waals surface area contributed by atoms with E-state index in [1.54, 1.807) is 7.11 Å². The normalized spacial score (nSPS) is 20.5. The zero-order chi connectivity index (χ0) is 41.5. The topological polar surface area (TPSA) is 74.3 Å². The summed E-state index contributed by atoms with van der Waals surface area (Å²) in [6.07, 6.45) is 20.7. The van der Waals surface area contributed by atoms with E-state index in [1.165, 1.54) is 90.4 Å². The molecule has 7 nitrogen and oxygen atoms in total. The Bertz CT molecular complexity index is 828. The number of methoxy groups -OCH3 is 1. The Hall–Kier alpha value is -1.18. The summed E-state index contributed by atoms with van der Waals surface area (Å²) in [4.78, 5) is 30.0. The molecule has 0 amide bonds. The van der Waals surface area contributed by atoms with E-state index in [-0.39, 0.29) is 17.4 Å². The van der Waals surface area contributed by atoms with Crippen molar-refractivity contribution in [2.75, 3.05) is 20.3 Å². The zero-order valence-corrected chi connectivity index (χ0v) is 38.8. The van der Waals surface area contributed by atoms with Gasteiger partial charge in [-0.15, -0.1) is 5.06 Å². The largest absolute Gasteiger partial charge is 0.465 e. The van der Waals surface area contributed by atoms with Crippen molar-refractivity contribution in [2.24, 2.45) is 10.8 Å². The van der Waals surface area contributed by atoms with Crippen LogP contribution in [0.25, 0.3) is 0 Å². The molecule has 0 N–H and O–H groups in total. The maximum Gasteiger partial charge on any atom is 0.330 e. The minimum absolute atomic E-state index is 0.258. The standard InChI is InChI=1S/C24H45NO6.C8H18.C6H14.C5H12.C2H6/c1-12-22(9,16-29-18(3)26)17-30-24(28-11)14-21(7,8)25(23(10,13-2)15-24)31-19(27)20(4,5)6;1-3-5-7-8-6-4-2;1-3-5-6-4-2;1-3-5-4-2;1-2/h12-17H2,1-11H3;3-8H2,1-2H3;3-6H2,1-2H3;3-5H2,1-2H3;1-2H3. The zero-order valence-electron chi connectivity index (χ0n) is 38.8. The molecule has 316 valence electrons. The van der Waals surface area contributed by atoms with Crippen molar-refractivity contribution in [3.63, 3.8) is 0 Å². The molecule has 3 atom stereocenters. The first kappa shape index (κ1) is 57.5. The molecule has 0 aromatic heterocycles. The Labute approximate surface area is 326 Å².